The second kappa shape index (κ2) is 9.06. The number of aromatic nitrogens is 2. The van der Waals surface area contributed by atoms with Crippen molar-refractivity contribution in [1.82, 2.24) is 9.66 Å². The van der Waals surface area contributed by atoms with E-state index in [0.29, 0.717) is 21.2 Å². The fourth-order valence-corrected chi connectivity index (χ4v) is 3.54. The maximum atomic E-state index is 13.2. The van der Waals surface area contributed by atoms with Crippen LogP contribution < -0.4 is 10.3 Å². The number of nitro benzene ring substituents is 1. The van der Waals surface area contributed by atoms with Crippen LogP contribution in [0.2, 0.25) is 5.02 Å². The van der Waals surface area contributed by atoms with Crippen LogP contribution in [0, 0.1) is 21.4 Å². The number of fused-ring (bicyclic) bond motifs is 1. The van der Waals surface area contributed by atoms with Gasteiger partial charge in [-0.1, -0.05) is 48.3 Å². The van der Waals surface area contributed by atoms with Crippen LogP contribution in [0.3, 0.4) is 0 Å². The number of nitriles is 1. The van der Waals surface area contributed by atoms with E-state index in [9.17, 15) is 14.9 Å². The lowest BCUT2D eigenvalue weighted by Gasteiger charge is -2.21. The molecule has 0 N–H and O–H groups in total. The largest absolute Gasteiger partial charge is 0.471 e. The standard InChI is InChI=1S/C21H17BrClN5O4/c1-21(2,3)20-26-16-5-4-13(22)9-15(16)19(29)27(20)25-11-12-8-14(23)10-17(28(30)31)18(12)32-7-6-24/h4-5,8-11H,7H2,1-3H3. The van der Waals surface area contributed by atoms with Crippen molar-refractivity contribution >= 4 is 50.3 Å². The fraction of sp³-hybridized carbons (Fsp3) is 0.238. The molecular weight excluding hydrogens is 502 g/mol. The molecule has 1 aromatic heterocycles. The fourth-order valence-electron chi connectivity index (χ4n) is 2.95. The molecule has 0 radical (unpaired) electrons. The summed E-state index contributed by atoms with van der Waals surface area (Å²) in [5.74, 6) is 0.219. The Morgan fingerprint density at radius 1 is 1.38 bits per heavy atom. The third kappa shape index (κ3) is 4.79. The van der Waals surface area contributed by atoms with Gasteiger partial charge < -0.3 is 4.74 Å². The van der Waals surface area contributed by atoms with Gasteiger partial charge in [0.05, 0.1) is 22.0 Å². The highest BCUT2D eigenvalue weighted by molar-refractivity contribution is 9.10. The summed E-state index contributed by atoms with van der Waals surface area (Å²) in [5.41, 5.74) is -0.712. The highest BCUT2D eigenvalue weighted by Crippen LogP contribution is 2.34. The molecule has 9 nitrogen and oxygen atoms in total. The van der Waals surface area contributed by atoms with Crippen LogP contribution in [-0.2, 0) is 5.41 Å². The minimum Gasteiger partial charge on any atom is -0.471 e. The molecule has 0 saturated heterocycles. The first-order valence-electron chi connectivity index (χ1n) is 9.27. The van der Waals surface area contributed by atoms with Crippen molar-refractivity contribution in [2.45, 2.75) is 26.2 Å². The van der Waals surface area contributed by atoms with E-state index in [1.807, 2.05) is 20.8 Å². The summed E-state index contributed by atoms with van der Waals surface area (Å²) in [6.45, 7) is 5.24. The Morgan fingerprint density at radius 3 is 2.72 bits per heavy atom. The zero-order valence-electron chi connectivity index (χ0n) is 17.3. The summed E-state index contributed by atoms with van der Waals surface area (Å²) in [5, 5.41) is 25.0. The molecule has 0 amide bonds. The first-order valence-corrected chi connectivity index (χ1v) is 10.4. The van der Waals surface area contributed by atoms with E-state index in [4.69, 9.17) is 21.6 Å². The van der Waals surface area contributed by atoms with Gasteiger partial charge in [-0.15, -0.1) is 0 Å². The predicted molar refractivity (Wildman–Crippen MR) is 125 cm³/mol. The molecule has 0 atom stereocenters. The summed E-state index contributed by atoms with van der Waals surface area (Å²) >= 11 is 9.39. The van der Waals surface area contributed by atoms with Crippen LogP contribution in [0.1, 0.15) is 32.2 Å². The first-order chi connectivity index (χ1) is 15.0. The van der Waals surface area contributed by atoms with E-state index in [-0.39, 0.29) is 16.3 Å². The zero-order chi connectivity index (χ0) is 23.6. The Balaban J connectivity index is 2.27. The topological polar surface area (TPSA) is 123 Å². The molecule has 0 aliphatic rings. The van der Waals surface area contributed by atoms with E-state index in [2.05, 4.69) is 26.0 Å². The van der Waals surface area contributed by atoms with Crippen LogP contribution >= 0.6 is 27.5 Å². The van der Waals surface area contributed by atoms with Gasteiger partial charge in [-0.2, -0.15) is 15.0 Å². The average molecular weight is 519 g/mol. The molecule has 0 spiro atoms. The first kappa shape index (κ1) is 23.4. The van der Waals surface area contributed by atoms with Gasteiger partial charge in [-0.25, -0.2) is 4.98 Å². The third-order valence-corrected chi connectivity index (χ3v) is 5.04. The van der Waals surface area contributed by atoms with E-state index in [1.54, 1.807) is 24.3 Å². The van der Waals surface area contributed by atoms with Gasteiger partial charge in [0.1, 0.15) is 11.9 Å². The van der Waals surface area contributed by atoms with E-state index in [1.165, 1.54) is 12.3 Å². The highest BCUT2D eigenvalue weighted by Gasteiger charge is 2.24. The molecule has 3 aromatic rings. The summed E-state index contributed by atoms with van der Waals surface area (Å²) in [4.78, 5) is 28.6. The number of nitro groups is 1. The molecular formula is C21H17BrClN5O4. The minimum atomic E-state index is -0.669. The molecule has 3 rings (SSSR count). The number of rotatable bonds is 5. The van der Waals surface area contributed by atoms with Crippen molar-refractivity contribution in [2.24, 2.45) is 5.10 Å². The molecule has 32 heavy (non-hydrogen) atoms. The molecule has 0 aliphatic heterocycles. The lowest BCUT2D eigenvalue weighted by Crippen LogP contribution is -2.29. The number of hydrogen-bond donors (Lipinski definition) is 0. The second-order valence-corrected chi connectivity index (χ2v) is 9.11. The second-order valence-electron chi connectivity index (χ2n) is 7.76. The van der Waals surface area contributed by atoms with Gasteiger partial charge in [-0.05, 0) is 24.3 Å². The van der Waals surface area contributed by atoms with Crippen LogP contribution in [0.5, 0.6) is 5.75 Å². The number of ether oxygens (including phenoxy) is 1. The number of halogens is 2. The van der Waals surface area contributed by atoms with Crippen molar-refractivity contribution in [3.8, 4) is 11.8 Å². The molecule has 0 fully saturated rings. The molecule has 11 heteroatoms. The Kier molecular flexibility index (Phi) is 6.62. The van der Waals surface area contributed by atoms with Crippen LogP contribution in [0.25, 0.3) is 10.9 Å². The van der Waals surface area contributed by atoms with Gasteiger partial charge >= 0.3 is 5.69 Å². The van der Waals surface area contributed by atoms with Gasteiger partial charge in [0.25, 0.3) is 5.56 Å². The normalized spacial score (nSPS) is 11.6. The Labute approximate surface area is 196 Å². The maximum Gasteiger partial charge on any atom is 0.313 e. The third-order valence-electron chi connectivity index (χ3n) is 4.33. The van der Waals surface area contributed by atoms with Gasteiger partial charge in [0.2, 0.25) is 5.75 Å². The Bertz CT molecular complexity index is 1360. The molecule has 0 aliphatic carbocycles. The zero-order valence-corrected chi connectivity index (χ0v) is 19.6. The number of hydrogen-bond acceptors (Lipinski definition) is 7. The lowest BCUT2D eigenvalue weighted by atomic mass is 9.95. The summed E-state index contributed by atoms with van der Waals surface area (Å²) in [6, 6.07) is 9.46. The van der Waals surface area contributed by atoms with Gasteiger partial charge in [0, 0.05) is 26.5 Å². The molecule has 0 bridgehead atoms. The SMILES string of the molecule is CC(C)(C)c1nc2ccc(Br)cc2c(=O)n1N=Cc1cc(Cl)cc([N+](=O)[O-])c1OCC#N. The number of benzene rings is 2. The van der Waals surface area contributed by atoms with E-state index >= 15 is 0 Å². The van der Waals surface area contributed by atoms with E-state index in [0.717, 1.165) is 10.7 Å². The summed E-state index contributed by atoms with van der Waals surface area (Å²) < 4.78 is 7.13. The van der Waals surface area contributed by atoms with Gasteiger partial charge in [0.15, 0.2) is 6.61 Å². The summed E-state index contributed by atoms with van der Waals surface area (Å²) in [7, 11) is 0. The van der Waals surface area contributed by atoms with Crippen molar-refractivity contribution in [3.05, 3.63) is 71.7 Å². The Morgan fingerprint density at radius 2 is 2.09 bits per heavy atom. The van der Waals surface area contributed by atoms with Crippen molar-refractivity contribution in [1.29, 1.82) is 5.26 Å². The van der Waals surface area contributed by atoms with Crippen LogP contribution in [0.15, 0.2) is 44.7 Å². The monoisotopic (exact) mass is 517 g/mol. The summed E-state index contributed by atoms with van der Waals surface area (Å²) in [6.07, 6.45) is 1.23. The van der Waals surface area contributed by atoms with E-state index < -0.39 is 28.2 Å². The van der Waals surface area contributed by atoms with Crippen LogP contribution in [-0.4, -0.2) is 27.4 Å². The van der Waals surface area contributed by atoms with Gasteiger partial charge in [-0.3, -0.25) is 14.9 Å². The van der Waals surface area contributed by atoms with Crippen molar-refractivity contribution in [2.75, 3.05) is 6.61 Å². The maximum absolute atomic E-state index is 13.2. The lowest BCUT2D eigenvalue weighted by molar-refractivity contribution is -0.385. The van der Waals surface area contributed by atoms with Crippen LogP contribution in [0.4, 0.5) is 5.69 Å². The number of nitrogens with zero attached hydrogens (tertiary/aromatic N) is 5. The quantitative estimate of drug-likeness (QED) is 0.271. The molecule has 1 heterocycles. The highest BCUT2D eigenvalue weighted by atomic mass is 79.9. The van der Waals surface area contributed by atoms with Crippen molar-refractivity contribution < 1.29 is 9.66 Å². The smallest absolute Gasteiger partial charge is 0.313 e. The average Bonchev–Trinajstić information content (AvgIpc) is 2.71. The molecule has 2 aromatic carbocycles. The van der Waals surface area contributed by atoms with Crippen molar-refractivity contribution in [3.63, 3.8) is 0 Å². The molecule has 164 valence electrons. The minimum absolute atomic E-state index is 0.0754. The molecule has 0 saturated carbocycles. The predicted octanol–water partition coefficient (Wildman–Crippen LogP) is 4.80. The Hall–Kier alpha value is -3.29. The molecule has 0 unspecified atom stereocenters.